The molecule has 0 aromatic carbocycles. The Balaban J connectivity index is 2.25. The Morgan fingerprint density at radius 2 is 2.24 bits per heavy atom. The maximum Gasteiger partial charge on any atom is 0.259 e. The molecule has 2 heterocycles. The number of carbonyl (C=O) groups is 1. The van der Waals surface area contributed by atoms with Crippen LogP contribution in [-0.4, -0.2) is 41.5 Å². The van der Waals surface area contributed by atoms with Crippen LogP contribution in [0.2, 0.25) is 0 Å². The second kappa shape index (κ2) is 4.71. The molecule has 1 aliphatic heterocycles. The van der Waals surface area contributed by atoms with Gasteiger partial charge >= 0.3 is 0 Å². The number of nitrogens with zero attached hydrogens (tertiary/aromatic N) is 1. The number of likely N-dealkylation sites (N-methyl/N-ethyl adjacent to an activating group) is 1. The number of hydrogen-bond acceptors (Lipinski definition) is 3. The summed E-state index contributed by atoms with van der Waals surface area (Å²) < 4.78 is 0. The van der Waals surface area contributed by atoms with E-state index in [1.807, 2.05) is 6.92 Å². The van der Waals surface area contributed by atoms with E-state index >= 15 is 0 Å². The number of aryl methyl sites for hydroxylation is 1. The van der Waals surface area contributed by atoms with Gasteiger partial charge in [0.1, 0.15) is 5.56 Å². The van der Waals surface area contributed by atoms with Crippen LogP contribution >= 0.6 is 0 Å². The van der Waals surface area contributed by atoms with Crippen LogP contribution in [0.5, 0.6) is 0 Å². The van der Waals surface area contributed by atoms with E-state index in [4.69, 9.17) is 0 Å². The van der Waals surface area contributed by atoms with Crippen LogP contribution < -0.4 is 10.7 Å². The zero-order valence-corrected chi connectivity index (χ0v) is 10.1. The van der Waals surface area contributed by atoms with Crippen molar-refractivity contribution in [3.8, 4) is 0 Å². The molecule has 1 aromatic rings. The number of amides is 1. The maximum atomic E-state index is 12.2. The molecule has 0 aliphatic carbocycles. The molecule has 92 valence electrons. The largest absolute Gasteiger partial charge is 0.364 e. The Bertz CT molecular complexity index is 477. The molecular formula is C12H17N3O2. The van der Waals surface area contributed by atoms with E-state index in [-0.39, 0.29) is 22.9 Å². The van der Waals surface area contributed by atoms with Crippen LogP contribution in [0.1, 0.15) is 23.0 Å². The quantitative estimate of drug-likeness (QED) is 0.782. The first-order chi connectivity index (χ1) is 8.13. The molecule has 1 amide bonds. The summed E-state index contributed by atoms with van der Waals surface area (Å²) in [6, 6.07) is 1.67. The molecule has 17 heavy (non-hydrogen) atoms. The van der Waals surface area contributed by atoms with E-state index < -0.39 is 0 Å². The van der Waals surface area contributed by atoms with E-state index in [1.54, 1.807) is 11.8 Å². The lowest BCUT2D eigenvalue weighted by atomic mass is 10.1. The Morgan fingerprint density at radius 1 is 1.53 bits per heavy atom. The Morgan fingerprint density at radius 3 is 2.71 bits per heavy atom. The van der Waals surface area contributed by atoms with Crippen LogP contribution in [0, 0.1) is 6.92 Å². The van der Waals surface area contributed by atoms with Gasteiger partial charge in [0.15, 0.2) is 5.43 Å². The van der Waals surface area contributed by atoms with Crippen molar-refractivity contribution >= 4 is 5.91 Å². The fraction of sp³-hybridized carbons (Fsp3) is 0.500. The topological polar surface area (TPSA) is 65.2 Å². The lowest BCUT2D eigenvalue weighted by Gasteiger charge is -2.37. The molecule has 0 bridgehead atoms. The smallest absolute Gasteiger partial charge is 0.259 e. The van der Waals surface area contributed by atoms with Crippen molar-refractivity contribution in [2.24, 2.45) is 0 Å². The minimum Gasteiger partial charge on any atom is -0.364 e. The number of pyridine rings is 1. The van der Waals surface area contributed by atoms with Crippen molar-refractivity contribution in [3.05, 3.63) is 33.7 Å². The lowest BCUT2D eigenvalue weighted by Crippen LogP contribution is -2.59. The first kappa shape index (κ1) is 11.9. The summed E-state index contributed by atoms with van der Waals surface area (Å²) in [5.74, 6) is -0.180. The van der Waals surface area contributed by atoms with Crippen molar-refractivity contribution in [3.63, 3.8) is 0 Å². The number of aromatic amines is 1. The molecule has 1 fully saturated rings. The third kappa shape index (κ3) is 2.24. The van der Waals surface area contributed by atoms with Gasteiger partial charge in [-0.3, -0.25) is 9.59 Å². The van der Waals surface area contributed by atoms with Gasteiger partial charge in [-0.25, -0.2) is 0 Å². The van der Waals surface area contributed by atoms with Gasteiger partial charge in [0.25, 0.3) is 5.91 Å². The first-order valence-electron chi connectivity index (χ1n) is 5.84. The van der Waals surface area contributed by atoms with E-state index in [2.05, 4.69) is 10.3 Å². The third-order valence-corrected chi connectivity index (χ3v) is 3.09. The fourth-order valence-corrected chi connectivity index (χ4v) is 1.96. The molecule has 1 aromatic heterocycles. The Hall–Kier alpha value is -1.62. The van der Waals surface area contributed by atoms with E-state index in [0.717, 1.165) is 18.8 Å². The molecule has 2 rings (SSSR count). The molecule has 5 heteroatoms. The van der Waals surface area contributed by atoms with Gasteiger partial charge in [0.2, 0.25) is 0 Å². The van der Waals surface area contributed by atoms with Gasteiger partial charge in [-0.05, 0) is 13.8 Å². The lowest BCUT2D eigenvalue weighted by molar-refractivity contribution is 0.0628. The van der Waals surface area contributed by atoms with Gasteiger partial charge < -0.3 is 15.2 Å². The molecule has 0 radical (unpaired) electrons. The summed E-state index contributed by atoms with van der Waals surface area (Å²) in [5.41, 5.74) is 0.779. The molecular weight excluding hydrogens is 218 g/mol. The van der Waals surface area contributed by atoms with Gasteiger partial charge in [0.05, 0.1) is 6.04 Å². The third-order valence-electron chi connectivity index (χ3n) is 3.09. The van der Waals surface area contributed by atoms with E-state index in [9.17, 15) is 9.59 Å². The molecule has 1 aliphatic rings. The van der Waals surface area contributed by atoms with Gasteiger partial charge in [-0.2, -0.15) is 0 Å². The number of nitrogens with one attached hydrogen (secondary N) is 2. The Kier molecular flexibility index (Phi) is 3.28. The summed E-state index contributed by atoms with van der Waals surface area (Å²) in [6.07, 6.45) is 1.51. The van der Waals surface area contributed by atoms with Gasteiger partial charge in [0, 0.05) is 37.6 Å². The molecule has 0 atom stereocenters. The summed E-state index contributed by atoms with van der Waals surface area (Å²) in [4.78, 5) is 28.6. The first-order valence-corrected chi connectivity index (χ1v) is 5.84. The fourth-order valence-electron chi connectivity index (χ4n) is 1.96. The number of H-pyrrole nitrogens is 1. The molecule has 2 N–H and O–H groups in total. The van der Waals surface area contributed by atoms with Crippen LogP contribution in [0.3, 0.4) is 0 Å². The standard InChI is InChI=1S/C12H17N3O2/c1-3-15(9-5-13-6-9)12(17)10-7-14-8(2)4-11(10)16/h4,7,9,13H,3,5-6H2,1-2H3,(H,14,16). The van der Waals surface area contributed by atoms with Gasteiger partial charge in [-0.1, -0.05) is 0 Å². The molecule has 5 nitrogen and oxygen atoms in total. The predicted molar refractivity (Wildman–Crippen MR) is 65.2 cm³/mol. The number of carbonyl (C=O) groups excluding carboxylic acids is 1. The Labute approximate surface area is 99.8 Å². The summed E-state index contributed by atoms with van der Waals surface area (Å²) in [5, 5.41) is 3.13. The van der Waals surface area contributed by atoms with Gasteiger partial charge in [-0.15, -0.1) is 0 Å². The zero-order valence-electron chi connectivity index (χ0n) is 10.1. The minimum atomic E-state index is -0.211. The van der Waals surface area contributed by atoms with Crippen molar-refractivity contribution in [2.75, 3.05) is 19.6 Å². The molecule has 0 spiro atoms. The highest BCUT2D eigenvalue weighted by atomic mass is 16.2. The monoisotopic (exact) mass is 235 g/mol. The van der Waals surface area contributed by atoms with Crippen LogP contribution in [-0.2, 0) is 0 Å². The highest BCUT2D eigenvalue weighted by molar-refractivity contribution is 5.94. The summed E-state index contributed by atoms with van der Waals surface area (Å²) >= 11 is 0. The van der Waals surface area contributed by atoms with Crippen molar-refractivity contribution < 1.29 is 4.79 Å². The second-order valence-corrected chi connectivity index (χ2v) is 4.30. The normalized spacial score (nSPS) is 15.4. The summed E-state index contributed by atoms with van der Waals surface area (Å²) in [7, 11) is 0. The van der Waals surface area contributed by atoms with Crippen LogP contribution in [0.25, 0.3) is 0 Å². The number of rotatable bonds is 3. The minimum absolute atomic E-state index is 0.180. The zero-order chi connectivity index (χ0) is 12.4. The second-order valence-electron chi connectivity index (χ2n) is 4.30. The average molecular weight is 235 g/mol. The maximum absolute atomic E-state index is 12.2. The van der Waals surface area contributed by atoms with E-state index in [1.165, 1.54) is 12.3 Å². The van der Waals surface area contributed by atoms with E-state index in [0.29, 0.717) is 6.54 Å². The van der Waals surface area contributed by atoms with Crippen LogP contribution in [0.4, 0.5) is 0 Å². The van der Waals surface area contributed by atoms with Crippen LogP contribution in [0.15, 0.2) is 17.1 Å². The average Bonchev–Trinajstić information content (AvgIpc) is 2.22. The molecule has 0 saturated carbocycles. The number of hydrogen-bond donors (Lipinski definition) is 2. The number of aromatic nitrogens is 1. The van der Waals surface area contributed by atoms with Crippen molar-refractivity contribution in [1.29, 1.82) is 0 Å². The van der Waals surface area contributed by atoms with Crippen molar-refractivity contribution in [2.45, 2.75) is 19.9 Å². The SMILES string of the molecule is CCN(C(=O)c1c[nH]c(C)cc1=O)C1CNC1. The predicted octanol–water partition coefficient (Wildman–Crippen LogP) is 0.117. The highest BCUT2D eigenvalue weighted by Gasteiger charge is 2.28. The molecule has 1 saturated heterocycles. The van der Waals surface area contributed by atoms with Crippen molar-refractivity contribution in [1.82, 2.24) is 15.2 Å². The molecule has 0 unspecified atom stereocenters. The summed E-state index contributed by atoms with van der Waals surface area (Å²) in [6.45, 7) is 5.97. The highest BCUT2D eigenvalue weighted by Crippen LogP contribution is 2.08.